The monoisotopic (exact) mass is 442 g/mol. The smallest absolute Gasteiger partial charge is 0.122 e. The molecule has 170 valence electrons. The van der Waals surface area contributed by atoms with Gasteiger partial charge in [0, 0.05) is 38.3 Å². The quantitative estimate of drug-likeness (QED) is 0.535. The van der Waals surface area contributed by atoms with E-state index in [1.54, 1.807) is 7.11 Å². The summed E-state index contributed by atoms with van der Waals surface area (Å²) >= 11 is 0. The number of benzene rings is 2. The van der Waals surface area contributed by atoms with E-state index in [9.17, 15) is 0 Å². The highest BCUT2D eigenvalue weighted by Crippen LogP contribution is 2.31. The van der Waals surface area contributed by atoms with Crippen molar-refractivity contribution in [3.8, 4) is 5.75 Å². The Morgan fingerprint density at radius 2 is 1.42 bits per heavy atom. The number of methoxy groups -OCH3 is 1. The first-order chi connectivity index (χ1) is 14.8. The zero-order chi connectivity index (χ0) is 20.6. The number of rotatable bonds is 6. The molecule has 0 bridgehead atoms. The molecule has 1 saturated carbocycles. The van der Waals surface area contributed by atoms with E-state index in [0.717, 1.165) is 31.3 Å². The molecule has 4 heteroatoms. The minimum absolute atomic E-state index is 0. The van der Waals surface area contributed by atoms with Gasteiger partial charge in [0.1, 0.15) is 5.75 Å². The van der Waals surface area contributed by atoms with E-state index in [2.05, 4.69) is 64.4 Å². The third-order valence-electron chi connectivity index (χ3n) is 7.17. The van der Waals surface area contributed by atoms with Crippen LogP contribution >= 0.6 is 12.4 Å². The Morgan fingerprint density at radius 1 is 0.806 bits per heavy atom. The minimum Gasteiger partial charge on any atom is -0.496 e. The lowest BCUT2D eigenvalue weighted by molar-refractivity contribution is 0.0593. The Hall–Kier alpha value is -1.55. The highest BCUT2D eigenvalue weighted by atomic mass is 35.5. The Kier molecular flexibility index (Phi) is 9.70. The van der Waals surface area contributed by atoms with Crippen molar-refractivity contribution in [1.29, 1.82) is 0 Å². The summed E-state index contributed by atoms with van der Waals surface area (Å²) in [6, 6.07) is 20.8. The van der Waals surface area contributed by atoms with Crippen molar-refractivity contribution in [2.45, 2.75) is 63.5 Å². The predicted molar refractivity (Wildman–Crippen MR) is 132 cm³/mol. The second kappa shape index (κ2) is 12.5. The number of piperazine rings is 1. The summed E-state index contributed by atoms with van der Waals surface area (Å²) in [5, 5.41) is 0. The van der Waals surface area contributed by atoms with Crippen molar-refractivity contribution in [3.63, 3.8) is 0 Å². The number of halogens is 1. The molecule has 4 rings (SSSR count). The lowest BCUT2D eigenvalue weighted by Crippen LogP contribution is -2.51. The van der Waals surface area contributed by atoms with Gasteiger partial charge in [-0.15, -0.1) is 12.4 Å². The molecule has 1 unspecified atom stereocenters. The molecule has 0 radical (unpaired) electrons. The van der Waals surface area contributed by atoms with Gasteiger partial charge in [-0.3, -0.25) is 9.80 Å². The van der Waals surface area contributed by atoms with Gasteiger partial charge in [-0.2, -0.15) is 0 Å². The molecule has 2 fully saturated rings. The van der Waals surface area contributed by atoms with Crippen LogP contribution in [0.1, 0.15) is 62.1 Å². The molecule has 1 saturated heterocycles. The van der Waals surface area contributed by atoms with Crippen molar-refractivity contribution < 1.29 is 4.74 Å². The average Bonchev–Trinajstić information content (AvgIpc) is 2.78. The van der Waals surface area contributed by atoms with Crippen molar-refractivity contribution >= 4 is 12.4 Å². The van der Waals surface area contributed by atoms with Crippen LogP contribution in [0.4, 0.5) is 0 Å². The van der Waals surface area contributed by atoms with Crippen LogP contribution in [-0.4, -0.2) is 49.1 Å². The maximum Gasteiger partial charge on any atom is 0.122 e. The fourth-order valence-corrected chi connectivity index (χ4v) is 5.43. The van der Waals surface area contributed by atoms with Crippen LogP contribution < -0.4 is 4.74 Å². The molecule has 0 aromatic heterocycles. The SMILES string of the molecule is COc1ccccc1CC(c1ccccc1)N1CCN(C2CCCCCCC2)CC1.Cl. The van der Waals surface area contributed by atoms with Crippen molar-refractivity contribution in [1.82, 2.24) is 9.80 Å². The standard InChI is InChI=1S/C27H38N2O.ClH/c1-30-27-17-11-10-14-24(27)22-26(23-12-6-5-7-13-23)29-20-18-28(19-21-29)25-15-8-3-2-4-9-16-25;/h5-7,10-14,17,25-26H,2-4,8-9,15-16,18-22H2,1H3;1H. The molecule has 0 N–H and O–H groups in total. The van der Waals surface area contributed by atoms with Crippen LogP contribution in [0.5, 0.6) is 5.75 Å². The molecule has 1 aliphatic carbocycles. The summed E-state index contributed by atoms with van der Waals surface area (Å²) in [6.07, 6.45) is 11.0. The van der Waals surface area contributed by atoms with E-state index in [1.165, 1.54) is 69.2 Å². The van der Waals surface area contributed by atoms with Crippen molar-refractivity contribution in [2.24, 2.45) is 0 Å². The number of hydrogen-bond acceptors (Lipinski definition) is 3. The Labute approximate surface area is 195 Å². The van der Waals surface area contributed by atoms with Crippen LogP contribution in [0.15, 0.2) is 54.6 Å². The summed E-state index contributed by atoms with van der Waals surface area (Å²) in [5.74, 6) is 1.01. The van der Waals surface area contributed by atoms with E-state index in [1.807, 2.05) is 0 Å². The highest BCUT2D eigenvalue weighted by molar-refractivity contribution is 5.85. The van der Waals surface area contributed by atoms with Crippen LogP contribution in [0.25, 0.3) is 0 Å². The van der Waals surface area contributed by atoms with E-state index in [-0.39, 0.29) is 12.4 Å². The van der Waals surface area contributed by atoms with Gasteiger partial charge in [0.05, 0.1) is 7.11 Å². The van der Waals surface area contributed by atoms with Crippen molar-refractivity contribution in [2.75, 3.05) is 33.3 Å². The molecule has 2 aliphatic rings. The van der Waals surface area contributed by atoms with Gasteiger partial charge >= 0.3 is 0 Å². The second-order valence-corrected chi connectivity index (χ2v) is 9.01. The lowest BCUT2D eigenvalue weighted by atomic mass is 9.94. The molecule has 2 aromatic rings. The van der Waals surface area contributed by atoms with Gasteiger partial charge in [-0.1, -0.05) is 80.6 Å². The number of nitrogens with zero attached hydrogens (tertiary/aromatic N) is 2. The van der Waals surface area contributed by atoms with Crippen LogP contribution in [-0.2, 0) is 6.42 Å². The first-order valence-corrected chi connectivity index (χ1v) is 12.0. The predicted octanol–water partition coefficient (Wildman–Crippen LogP) is 6.13. The third-order valence-corrected chi connectivity index (χ3v) is 7.17. The Morgan fingerprint density at radius 3 is 2.10 bits per heavy atom. The number of ether oxygens (including phenoxy) is 1. The van der Waals surface area contributed by atoms with Gasteiger partial charge in [0.15, 0.2) is 0 Å². The Balaban J connectivity index is 0.00000272. The van der Waals surface area contributed by atoms with Crippen LogP contribution in [0.2, 0.25) is 0 Å². The average molecular weight is 443 g/mol. The summed E-state index contributed by atoms with van der Waals surface area (Å²) in [6.45, 7) is 4.73. The minimum atomic E-state index is 0. The molecule has 1 heterocycles. The van der Waals surface area contributed by atoms with E-state index < -0.39 is 0 Å². The first-order valence-electron chi connectivity index (χ1n) is 12.0. The fourth-order valence-electron chi connectivity index (χ4n) is 5.43. The normalized spacial score (nSPS) is 20.3. The van der Waals surface area contributed by atoms with Crippen LogP contribution in [0.3, 0.4) is 0 Å². The molecule has 0 amide bonds. The molecule has 3 nitrogen and oxygen atoms in total. The van der Waals surface area contributed by atoms with Crippen molar-refractivity contribution in [3.05, 3.63) is 65.7 Å². The zero-order valence-corrected chi connectivity index (χ0v) is 19.9. The van der Waals surface area contributed by atoms with Gasteiger partial charge < -0.3 is 4.74 Å². The largest absolute Gasteiger partial charge is 0.496 e. The lowest BCUT2D eigenvalue weighted by Gasteiger charge is -2.43. The van der Waals surface area contributed by atoms with Crippen LogP contribution in [0, 0.1) is 0 Å². The van der Waals surface area contributed by atoms with Gasteiger partial charge in [-0.25, -0.2) is 0 Å². The fraction of sp³-hybridized carbons (Fsp3) is 0.556. The molecule has 2 aromatic carbocycles. The molecule has 0 spiro atoms. The van der Waals surface area contributed by atoms with E-state index in [0.29, 0.717) is 6.04 Å². The summed E-state index contributed by atoms with van der Waals surface area (Å²) in [5.41, 5.74) is 2.72. The molecule has 1 atom stereocenters. The second-order valence-electron chi connectivity index (χ2n) is 9.01. The summed E-state index contributed by atoms with van der Waals surface area (Å²) in [4.78, 5) is 5.51. The third kappa shape index (κ3) is 6.47. The number of hydrogen-bond donors (Lipinski definition) is 0. The zero-order valence-electron chi connectivity index (χ0n) is 19.0. The number of para-hydroxylation sites is 1. The first kappa shape index (κ1) is 24.1. The Bertz CT molecular complexity index is 753. The van der Waals surface area contributed by atoms with Gasteiger partial charge in [0.25, 0.3) is 0 Å². The maximum absolute atomic E-state index is 5.66. The molecular weight excluding hydrogens is 404 g/mol. The highest BCUT2D eigenvalue weighted by Gasteiger charge is 2.29. The molecule has 1 aliphatic heterocycles. The molecule has 31 heavy (non-hydrogen) atoms. The van der Waals surface area contributed by atoms with Gasteiger partial charge in [0.2, 0.25) is 0 Å². The molecular formula is C27H39ClN2O. The summed E-state index contributed by atoms with van der Waals surface area (Å²) < 4.78 is 5.66. The van der Waals surface area contributed by atoms with E-state index >= 15 is 0 Å². The summed E-state index contributed by atoms with van der Waals surface area (Å²) in [7, 11) is 1.78. The van der Waals surface area contributed by atoms with E-state index in [4.69, 9.17) is 4.74 Å². The maximum atomic E-state index is 5.66. The topological polar surface area (TPSA) is 15.7 Å². The van der Waals surface area contributed by atoms with Gasteiger partial charge in [-0.05, 0) is 36.5 Å².